The van der Waals surface area contributed by atoms with E-state index in [1.165, 1.54) is 0 Å². The van der Waals surface area contributed by atoms with Crippen LogP contribution in [-0.2, 0) is 25.6 Å². The maximum atomic E-state index is 11.4. The van der Waals surface area contributed by atoms with Crippen molar-refractivity contribution in [3.05, 3.63) is 35.9 Å². The van der Waals surface area contributed by atoms with Crippen LogP contribution in [0.1, 0.15) is 46.6 Å². The van der Waals surface area contributed by atoms with Crippen LogP contribution in [0.4, 0.5) is 0 Å². The third-order valence-electron chi connectivity index (χ3n) is 7.20. The predicted molar refractivity (Wildman–Crippen MR) is 100 cm³/mol. The number of aliphatic hydroxyl groups is 1. The van der Waals surface area contributed by atoms with E-state index < -0.39 is 17.4 Å². The third kappa shape index (κ3) is 2.63. The Bertz CT molecular complexity index is 671. The van der Waals surface area contributed by atoms with Crippen molar-refractivity contribution in [2.75, 3.05) is 6.61 Å². The van der Waals surface area contributed by atoms with Crippen molar-refractivity contribution in [1.29, 1.82) is 0 Å². The van der Waals surface area contributed by atoms with Gasteiger partial charge in [-0.25, -0.2) is 0 Å². The number of benzene rings is 1. The molecule has 4 fully saturated rings. The van der Waals surface area contributed by atoms with Crippen molar-refractivity contribution in [2.24, 2.45) is 23.7 Å². The Morgan fingerprint density at radius 3 is 2.48 bits per heavy atom. The summed E-state index contributed by atoms with van der Waals surface area (Å²) in [5, 5.41) is 11.4. The molecule has 0 radical (unpaired) electrons. The summed E-state index contributed by atoms with van der Waals surface area (Å²) in [7, 11) is 0. The molecule has 1 N–H and O–H groups in total. The summed E-state index contributed by atoms with van der Waals surface area (Å²) in [6.45, 7) is 11.2. The summed E-state index contributed by atoms with van der Waals surface area (Å²) in [6, 6.07) is 10.1. The van der Waals surface area contributed by atoms with Gasteiger partial charge in [0.15, 0.2) is 17.4 Å². The van der Waals surface area contributed by atoms with E-state index in [2.05, 4.69) is 26.0 Å². The van der Waals surface area contributed by atoms with E-state index >= 15 is 0 Å². The van der Waals surface area contributed by atoms with E-state index in [1.54, 1.807) is 0 Å². The molecular formula is C22H32O5. The van der Waals surface area contributed by atoms with E-state index in [1.807, 2.05) is 39.0 Å². The van der Waals surface area contributed by atoms with Gasteiger partial charge in [-0.3, -0.25) is 0 Å². The number of hydrogen-bond acceptors (Lipinski definition) is 5. The molecule has 0 amide bonds. The Hall–Kier alpha value is -0.980. The van der Waals surface area contributed by atoms with Gasteiger partial charge in [-0.1, -0.05) is 65.0 Å². The summed E-state index contributed by atoms with van der Waals surface area (Å²) < 4.78 is 25.4. The Labute approximate surface area is 162 Å². The average Bonchev–Trinajstić information content (AvgIpc) is 2.67. The second kappa shape index (κ2) is 6.53. The van der Waals surface area contributed by atoms with E-state index in [9.17, 15) is 5.11 Å². The van der Waals surface area contributed by atoms with Gasteiger partial charge >= 0.3 is 0 Å². The minimum atomic E-state index is -1.24. The van der Waals surface area contributed by atoms with Crippen LogP contribution in [0.3, 0.4) is 0 Å². The zero-order valence-electron chi connectivity index (χ0n) is 17.0. The van der Waals surface area contributed by atoms with Crippen LogP contribution in [0, 0.1) is 23.7 Å². The van der Waals surface area contributed by atoms with Crippen LogP contribution in [0.15, 0.2) is 30.3 Å². The standard InChI is InChI=1S/C22H32O5/c1-6-20-15(3)19-16(4)21(23,26-20)17(5)22(25-19,27-20)14(2)12-24-13-18-10-8-7-9-11-18/h7-11,14-17,19,23H,6,12-13H2,1-5H3/t14-,15+,16+,17+,19+,20-,21-,22-/m0/s1. The molecule has 8 atom stereocenters. The molecule has 27 heavy (non-hydrogen) atoms. The minimum Gasteiger partial charge on any atom is -0.376 e. The quantitative estimate of drug-likeness (QED) is 0.820. The molecule has 0 aliphatic carbocycles. The van der Waals surface area contributed by atoms with Gasteiger partial charge in [0.1, 0.15) is 0 Å². The first-order valence-corrected chi connectivity index (χ1v) is 10.2. The average molecular weight is 376 g/mol. The Balaban J connectivity index is 1.56. The van der Waals surface area contributed by atoms with Crippen molar-refractivity contribution in [1.82, 2.24) is 0 Å². The van der Waals surface area contributed by atoms with E-state index in [-0.39, 0.29) is 29.8 Å². The highest BCUT2D eigenvalue weighted by molar-refractivity contribution is 5.14. The van der Waals surface area contributed by atoms with Gasteiger partial charge in [0.2, 0.25) is 0 Å². The largest absolute Gasteiger partial charge is 0.376 e. The molecule has 150 valence electrons. The molecule has 5 rings (SSSR count). The van der Waals surface area contributed by atoms with Crippen LogP contribution >= 0.6 is 0 Å². The Morgan fingerprint density at radius 1 is 1.11 bits per heavy atom. The highest BCUT2D eigenvalue weighted by Crippen LogP contribution is 2.63. The summed E-state index contributed by atoms with van der Waals surface area (Å²) in [5.41, 5.74) is 1.14. The molecule has 0 unspecified atom stereocenters. The molecule has 4 aliphatic heterocycles. The fraction of sp³-hybridized carbons (Fsp3) is 0.727. The van der Waals surface area contributed by atoms with E-state index in [4.69, 9.17) is 18.9 Å². The highest BCUT2D eigenvalue weighted by Gasteiger charge is 2.76. The SMILES string of the molecule is CC[C@]12O[C@@]3(O)[C@H](C)[C@H](O[C@@]([C@@H](C)COCc4ccccc4)(O1)[C@@H]3C)[C@H]2C. The van der Waals surface area contributed by atoms with Gasteiger partial charge in [-0.15, -0.1) is 0 Å². The number of ether oxygens (including phenoxy) is 4. The maximum Gasteiger partial charge on any atom is 0.184 e. The van der Waals surface area contributed by atoms with Gasteiger partial charge < -0.3 is 24.1 Å². The predicted octanol–water partition coefficient (Wildman–Crippen LogP) is 3.70. The molecule has 0 aromatic heterocycles. The van der Waals surface area contributed by atoms with Crippen LogP contribution < -0.4 is 0 Å². The van der Waals surface area contributed by atoms with Crippen molar-refractivity contribution in [3.63, 3.8) is 0 Å². The molecule has 4 bridgehead atoms. The Morgan fingerprint density at radius 2 is 1.81 bits per heavy atom. The maximum absolute atomic E-state index is 11.4. The molecular weight excluding hydrogens is 344 g/mol. The molecule has 4 saturated heterocycles. The van der Waals surface area contributed by atoms with Gasteiger partial charge in [-0.2, -0.15) is 0 Å². The molecule has 5 heteroatoms. The van der Waals surface area contributed by atoms with Gasteiger partial charge in [0, 0.05) is 17.8 Å². The van der Waals surface area contributed by atoms with Crippen LogP contribution in [0.2, 0.25) is 0 Å². The van der Waals surface area contributed by atoms with Gasteiger partial charge in [-0.05, 0) is 12.0 Å². The van der Waals surface area contributed by atoms with Gasteiger partial charge in [0.05, 0.1) is 25.2 Å². The fourth-order valence-corrected chi connectivity index (χ4v) is 5.32. The second-order valence-electron chi connectivity index (χ2n) is 8.63. The molecule has 0 saturated carbocycles. The van der Waals surface area contributed by atoms with Crippen LogP contribution in [0.5, 0.6) is 0 Å². The summed E-state index contributed by atoms with van der Waals surface area (Å²) >= 11 is 0. The van der Waals surface area contributed by atoms with Crippen molar-refractivity contribution in [3.8, 4) is 0 Å². The zero-order valence-corrected chi connectivity index (χ0v) is 17.0. The van der Waals surface area contributed by atoms with E-state index in [0.29, 0.717) is 19.6 Å². The number of rotatable bonds is 6. The Kier molecular flexibility index (Phi) is 4.68. The summed E-state index contributed by atoms with van der Waals surface area (Å²) in [5.74, 6) is -3.32. The minimum absolute atomic E-state index is 0.0416. The van der Waals surface area contributed by atoms with Gasteiger partial charge in [0.25, 0.3) is 0 Å². The molecule has 1 aromatic rings. The topological polar surface area (TPSA) is 57.2 Å². The summed E-state index contributed by atoms with van der Waals surface area (Å²) in [6.07, 6.45) is 0.583. The number of hydrogen-bond donors (Lipinski definition) is 1. The zero-order chi connectivity index (χ0) is 19.4. The van der Waals surface area contributed by atoms with Crippen molar-refractivity contribution < 1.29 is 24.1 Å². The normalized spacial score (nSPS) is 46.6. The lowest BCUT2D eigenvalue weighted by molar-refractivity contribution is -0.592. The summed E-state index contributed by atoms with van der Waals surface area (Å²) in [4.78, 5) is 0. The molecule has 1 aromatic carbocycles. The van der Waals surface area contributed by atoms with Crippen LogP contribution in [0.25, 0.3) is 0 Å². The molecule has 4 aliphatic rings. The monoisotopic (exact) mass is 376 g/mol. The fourth-order valence-electron chi connectivity index (χ4n) is 5.32. The molecule has 5 nitrogen and oxygen atoms in total. The third-order valence-corrected chi connectivity index (χ3v) is 7.20. The highest BCUT2D eigenvalue weighted by atomic mass is 16.9. The molecule has 0 spiro atoms. The lowest BCUT2D eigenvalue weighted by atomic mass is 9.65. The first-order valence-electron chi connectivity index (χ1n) is 10.2. The van der Waals surface area contributed by atoms with Crippen molar-refractivity contribution in [2.45, 2.75) is 71.1 Å². The molecule has 4 heterocycles. The van der Waals surface area contributed by atoms with Crippen molar-refractivity contribution >= 4 is 0 Å². The first-order chi connectivity index (χ1) is 12.8. The van der Waals surface area contributed by atoms with Crippen LogP contribution in [-0.4, -0.2) is 35.2 Å². The second-order valence-corrected chi connectivity index (χ2v) is 8.63. The smallest absolute Gasteiger partial charge is 0.184 e. The first kappa shape index (κ1) is 19.3. The van der Waals surface area contributed by atoms with E-state index in [0.717, 1.165) is 5.56 Å². The lowest BCUT2D eigenvalue weighted by Gasteiger charge is -2.71. The lowest BCUT2D eigenvalue weighted by Crippen LogP contribution is -2.83.